The second-order valence-electron chi connectivity index (χ2n) is 4.93. The van der Waals surface area contributed by atoms with Crippen molar-refractivity contribution in [1.82, 2.24) is 4.57 Å². The van der Waals surface area contributed by atoms with Crippen LogP contribution in [0.3, 0.4) is 0 Å². The van der Waals surface area contributed by atoms with Crippen LogP contribution in [-0.2, 0) is 10.3 Å². The number of aromatic nitrogens is 1. The van der Waals surface area contributed by atoms with Gasteiger partial charge < -0.3 is 9.30 Å². The van der Waals surface area contributed by atoms with Crippen molar-refractivity contribution in [1.29, 1.82) is 0 Å². The topological polar surface area (TPSA) is 31.2 Å². The maximum atomic E-state index is 10.9. The van der Waals surface area contributed by atoms with E-state index in [2.05, 4.69) is 18.4 Å². The van der Waals surface area contributed by atoms with E-state index in [9.17, 15) is 4.79 Å². The zero-order chi connectivity index (χ0) is 11.8. The van der Waals surface area contributed by atoms with Crippen LogP contribution in [0.1, 0.15) is 41.5 Å². The molecule has 1 atom stereocenters. The maximum absolute atomic E-state index is 10.9. The standard InChI is InChI=1S/C13H19NO2/c1-10-7-12(8-15)11(2)14(10)13(3)5-4-6-16-9-13/h7-8H,4-6,9H2,1-3H3. The second kappa shape index (κ2) is 4.06. The molecular weight excluding hydrogens is 202 g/mol. The van der Waals surface area contributed by atoms with E-state index in [0.717, 1.165) is 49.3 Å². The van der Waals surface area contributed by atoms with Crippen molar-refractivity contribution in [2.45, 2.75) is 39.2 Å². The Kier molecular flexibility index (Phi) is 2.89. The van der Waals surface area contributed by atoms with Crippen LogP contribution >= 0.6 is 0 Å². The zero-order valence-electron chi connectivity index (χ0n) is 10.2. The van der Waals surface area contributed by atoms with Crippen molar-refractivity contribution in [3.8, 4) is 0 Å². The Labute approximate surface area is 96.4 Å². The summed E-state index contributed by atoms with van der Waals surface area (Å²) in [6, 6.07) is 1.96. The van der Waals surface area contributed by atoms with Crippen molar-refractivity contribution >= 4 is 6.29 Å². The summed E-state index contributed by atoms with van der Waals surface area (Å²) in [5.41, 5.74) is 3.01. The summed E-state index contributed by atoms with van der Waals surface area (Å²) < 4.78 is 7.84. The van der Waals surface area contributed by atoms with Gasteiger partial charge in [0, 0.05) is 23.6 Å². The highest BCUT2D eigenvalue weighted by Gasteiger charge is 2.32. The Morgan fingerprint density at radius 3 is 2.75 bits per heavy atom. The van der Waals surface area contributed by atoms with Crippen LogP contribution in [0.4, 0.5) is 0 Å². The van der Waals surface area contributed by atoms with E-state index in [4.69, 9.17) is 4.74 Å². The van der Waals surface area contributed by atoms with E-state index in [1.165, 1.54) is 0 Å². The number of carbonyl (C=O) groups excluding carboxylic acids is 1. The van der Waals surface area contributed by atoms with Gasteiger partial charge in [0.2, 0.25) is 0 Å². The van der Waals surface area contributed by atoms with Crippen LogP contribution in [-0.4, -0.2) is 24.1 Å². The Bertz CT molecular complexity index is 400. The molecule has 2 rings (SSSR count). The van der Waals surface area contributed by atoms with E-state index < -0.39 is 0 Å². The Morgan fingerprint density at radius 1 is 1.50 bits per heavy atom. The molecule has 0 N–H and O–H groups in total. The first kappa shape index (κ1) is 11.4. The minimum Gasteiger partial charge on any atom is -0.379 e. The third kappa shape index (κ3) is 1.69. The molecule has 0 amide bonds. The first-order chi connectivity index (χ1) is 7.58. The highest BCUT2D eigenvalue weighted by atomic mass is 16.5. The summed E-state index contributed by atoms with van der Waals surface area (Å²) >= 11 is 0. The molecule has 16 heavy (non-hydrogen) atoms. The number of carbonyl (C=O) groups is 1. The first-order valence-electron chi connectivity index (χ1n) is 5.81. The summed E-state index contributed by atoms with van der Waals surface area (Å²) in [5.74, 6) is 0. The molecule has 1 aromatic heterocycles. The minimum atomic E-state index is 0.00762. The van der Waals surface area contributed by atoms with Gasteiger partial charge in [-0.25, -0.2) is 0 Å². The van der Waals surface area contributed by atoms with Crippen molar-refractivity contribution in [3.05, 3.63) is 23.0 Å². The monoisotopic (exact) mass is 221 g/mol. The lowest BCUT2D eigenvalue weighted by Crippen LogP contribution is -2.40. The van der Waals surface area contributed by atoms with Crippen LogP contribution in [0.2, 0.25) is 0 Å². The van der Waals surface area contributed by atoms with Gasteiger partial charge in [-0.15, -0.1) is 0 Å². The molecule has 1 aliphatic rings. The molecule has 3 heteroatoms. The van der Waals surface area contributed by atoms with Gasteiger partial charge in [-0.05, 0) is 39.7 Å². The highest BCUT2D eigenvalue weighted by molar-refractivity contribution is 5.77. The maximum Gasteiger partial charge on any atom is 0.151 e. The van der Waals surface area contributed by atoms with Crippen molar-refractivity contribution in [2.75, 3.05) is 13.2 Å². The first-order valence-corrected chi connectivity index (χ1v) is 5.81. The van der Waals surface area contributed by atoms with E-state index in [1.807, 2.05) is 13.0 Å². The van der Waals surface area contributed by atoms with Gasteiger partial charge in [-0.2, -0.15) is 0 Å². The molecular formula is C13H19NO2. The van der Waals surface area contributed by atoms with Crippen LogP contribution in [0.5, 0.6) is 0 Å². The average Bonchev–Trinajstić information content (AvgIpc) is 2.55. The number of hydrogen-bond acceptors (Lipinski definition) is 2. The van der Waals surface area contributed by atoms with Gasteiger partial charge in [0.05, 0.1) is 12.1 Å². The normalized spacial score (nSPS) is 25.7. The molecule has 3 nitrogen and oxygen atoms in total. The fraction of sp³-hybridized carbons (Fsp3) is 0.615. The molecule has 0 saturated carbocycles. The fourth-order valence-corrected chi connectivity index (χ4v) is 2.83. The molecule has 0 bridgehead atoms. The summed E-state index contributed by atoms with van der Waals surface area (Å²) in [5, 5.41) is 0. The van der Waals surface area contributed by atoms with E-state index >= 15 is 0 Å². The van der Waals surface area contributed by atoms with Gasteiger partial charge in [0.1, 0.15) is 0 Å². The Balaban J connectivity index is 2.45. The fourth-order valence-electron chi connectivity index (χ4n) is 2.83. The van der Waals surface area contributed by atoms with E-state index in [1.54, 1.807) is 0 Å². The van der Waals surface area contributed by atoms with Gasteiger partial charge in [0.15, 0.2) is 6.29 Å². The number of hydrogen-bond donors (Lipinski definition) is 0. The van der Waals surface area contributed by atoms with Gasteiger partial charge in [-0.1, -0.05) is 0 Å². The second-order valence-corrected chi connectivity index (χ2v) is 4.93. The average molecular weight is 221 g/mol. The van der Waals surface area contributed by atoms with Gasteiger partial charge in [0.25, 0.3) is 0 Å². The number of nitrogens with zero attached hydrogens (tertiary/aromatic N) is 1. The van der Waals surface area contributed by atoms with Crippen LogP contribution in [0.25, 0.3) is 0 Å². The molecule has 1 saturated heterocycles. The number of aryl methyl sites for hydroxylation is 1. The summed E-state index contributed by atoms with van der Waals surface area (Å²) in [4.78, 5) is 10.9. The van der Waals surface area contributed by atoms with E-state index in [0.29, 0.717) is 0 Å². The van der Waals surface area contributed by atoms with Crippen LogP contribution < -0.4 is 0 Å². The molecule has 1 fully saturated rings. The van der Waals surface area contributed by atoms with Crippen LogP contribution in [0.15, 0.2) is 6.07 Å². The van der Waals surface area contributed by atoms with E-state index in [-0.39, 0.29) is 5.54 Å². The number of rotatable bonds is 2. The predicted molar refractivity (Wildman–Crippen MR) is 63.0 cm³/mol. The molecule has 0 aromatic carbocycles. The van der Waals surface area contributed by atoms with Gasteiger partial charge >= 0.3 is 0 Å². The summed E-state index contributed by atoms with van der Waals surface area (Å²) in [6.45, 7) is 7.87. The largest absolute Gasteiger partial charge is 0.379 e. The molecule has 0 aliphatic carbocycles. The minimum absolute atomic E-state index is 0.00762. The molecule has 1 unspecified atom stereocenters. The number of aldehydes is 1. The molecule has 1 aromatic rings. The molecule has 2 heterocycles. The third-order valence-electron chi connectivity index (χ3n) is 3.55. The van der Waals surface area contributed by atoms with Crippen molar-refractivity contribution in [3.63, 3.8) is 0 Å². The lowest BCUT2D eigenvalue weighted by Gasteiger charge is -2.37. The number of ether oxygens (including phenoxy) is 1. The van der Waals surface area contributed by atoms with Crippen molar-refractivity contribution in [2.24, 2.45) is 0 Å². The third-order valence-corrected chi connectivity index (χ3v) is 3.55. The quantitative estimate of drug-likeness (QED) is 0.718. The lowest BCUT2D eigenvalue weighted by molar-refractivity contribution is 0.00793. The Hall–Kier alpha value is -1.09. The Morgan fingerprint density at radius 2 is 2.25 bits per heavy atom. The smallest absolute Gasteiger partial charge is 0.151 e. The van der Waals surface area contributed by atoms with Crippen molar-refractivity contribution < 1.29 is 9.53 Å². The zero-order valence-corrected chi connectivity index (χ0v) is 10.2. The highest BCUT2D eigenvalue weighted by Crippen LogP contribution is 2.31. The van der Waals surface area contributed by atoms with Crippen LogP contribution in [0, 0.1) is 13.8 Å². The summed E-state index contributed by atoms with van der Waals surface area (Å²) in [6.07, 6.45) is 3.14. The molecule has 0 radical (unpaired) electrons. The predicted octanol–water partition coefficient (Wildman–Crippen LogP) is 2.44. The molecule has 1 aliphatic heterocycles. The lowest BCUT2D eigenvalue weighted by atomic mass is 9.94. The summed E-state index contributed by atoms with van der Waals surface area (Å²) in [7, 11) is 0. The molecule has 88 valence electrons. The SMILES string of the molecule is Cc1cc(C=O)c(C)n1C1(C)CCCOC1. The van der Waals surface area contributed by atoms with Gasteiger partial charge in [-0.3, -0.25) is 4.79 Å². The molecule has 0 spiro atoms.